The van der Waals surface area contributed by atoms with Crippen LogP contribution in [-0.4, -0.2) is 41.6 Å². The third kappa shape index (κ3) is 3.85. The van der Waals surface area contributed by atoms with E-state index in [-0.39, 0.29) is 0 Å². The largest absolute Gasteiger partial charge is 0.477 e. The van der Waals surface area contributed by atoms with Crippen LogP contribution in [0.25, 0.3) is 0 Å². The average molecular weight is 245 g/mol. The van der Waals surface area contributed by atoms with Crippen LogP contribution in [0, 0.1) is 0 Å². The lowest BCUT2D eigenvalue weighted by atomic mass is 10.2. The molecule has 1 aromatic rings. The van der Waals surface area contributed by atoms with Gasteiger partial charge in [-0.2, -0.15) is 11.8 Å². The van der Waals surface area contributed by atoms with E-state index in [9.17, 15) is 4.79 Å². The second kappa shape index (κ2) is 6.15. The van der Waals surface area contributed by atoms with Crippen LogP contribution < -0.4 is 0 Å². The molecule has 0 unspecified atom stereocenters. The smallest absolute Gasteiger partial charge is 0.346 e. The highest BCUT2D eigenvalue weighted by Gasteiger charge is 2.12. The van der Waals surface area contributed by atoms with E-state index in [1.54, 1.807) is 11.8 Å². The molecular weight excluding hydrogens is 230 g/mol. The molecule has 0 aliphatic carbocycles. The number of carboxylic acid groups (broad SMARTS) is 1. The van der Waals surface area contributed by atoms with Crippen molar-refractivity contribution in [3.8, 4) is 0 Å². The minimum Gasteiger partial charge on any atom is -0.477 e. The molecule has 0 amide bonds. The Bertz CT molecular complexity index is 325. The molecule has 0 saturated carbocycles. The molecule has 84 valence electrons. The Morgan fingerprint density at radius 2 is 2.40 bits per heavy atom. The molecule has 0 aromatic carbocycles. The lowest BCUT2D eigenvalue weighted by Gasteiger charge is -2.15. The van der Waals surface area contributed by atoms with Crippen molar-refractivity contribution in [1.82, 2.24) is 4.90 Å². The maximum absolute atomic E-state index is 10.9. The number of thiophene rings is 1. The predicted molar refractivity (Wildman–Crippen MR) is 66.0 cm³/mol. The molecule has 1 heterocycles. The molecular formula is C10H15NO2S2. The van der Waals surface area contributed by atoms with Crippen LogP contribution in [0.4, 0.5) is 0 Å². The molecule has 3 nitrogen and oxygen atoms in total. The first kappa shape index (κ1) is 12.5. The summed E-state index contributed by atoms with van der Waals surface area (Å²) >= 11 is 3.09. The van der Waals surface area contributed by atoms with E-state index in [1.165, 1.54) is 11.3 Å². The number of carboxylic acids is 1. The maximum atomic E-state index is 10.9. The van der Waals surface area contributed by atoms with Crippen molar-refractivity contribution < 1.29 is 9.90 Å². The number of rotatable bonds is 6. The van der Waals surface area contributed by atoms with Crippen LogP contribution in [0.3, 0.4) is 0 Å². The quantitative estimate of drug-likeness (QED) is 0.834. The Morgan fingerprint density at radius 1 is 1.67 bits per heavy atom. The standard InChI is InChI=1S/C10H15NO2S2/c1-11(4-6-14-2)7-8-3-5-15-9(8)10(12)13/h3,5H,4,6-7H2,1-2H3,(H,12,13). The van der Waals surface area contributed by atoms with E-state index in [4.69, 9.17) is 5.11 Å². The molecule has 0 fully saturated rings. The van der Waals surface area contributed by atoms with Gasteiger partial charge in [0.25, 0.3) is 0 Å². The van der Waals surface area contributed by atoms with Crippen LogP contribution in [0.5, 0.6) is 0 Å². The fourth-order valence-electron chi connectivity index (χ4n) is 1.26. The summed E-state index contributed by atoms with van der Waals surface area (Å²) in [6.07, 6.45) is 2.07. The number of carbonyl (C=O) groups is 1. The van der Waals surface area contributed by atoms with Crippen LogP contribution >= 0.6 is 23.1 Å². The molecule has 0 aliphatic heterocycles. The highest BCUT2D eigenvalue weighted by Crippen LogP contribution is 2.18. The van der Waals surface area contributed by atoms with Gasteiger partial charge in [0.15, 0.2) is 0 Å². The zero-order valence-electron chi connectivity index (χ0n) is 8.90. The van der Waals surface area contributed by atoms with E-state index in [1.807, 2.05) is 18.5 Å². The molecule has 1 aromatic heterocycles. The maximum Gasteiger partial charge on any atom is 0.346 e. The van der Waals surface area contributed by atoms with Crippen molar-refractivity contribution in [2.24, 2.45) is 0 Å². The van der Waals surface area contributed by atoms with Crippen molar-refractivity contribution >= 4 is 29.1 Å². The summed E-state index contributed by atoms with van der Waals surface area (Å²) in [4.78, 5) is 13.5. The summed E-state index contributed by atoms with van der Waals surface area (Å²) in [6.45, 7) is 1.70. The third-order valence-corrected chi connectivity index (χ3v) is 3.59. The topological polar surface area (TPSA) is 40.5 Å². The summed E-state index contributed by atoms with van der Waals surface area (Å²) in [5, 5.41) is 10.8. The first-order valence-corrected chi connectivity index (χ1v) is 6.89. The van der Waals surface area contributed by atoms with Crippen molar-refractivity contribution in [3.63, 3.8) is 0 Å². The first-order valence-electron chi connectivity index (χ1n) is 4.62. The van der Waals surface area contributed by atoms with Crippen molar-refractivity contribution in [2.75, 3.05) is 25.6 Å². The minimum absolute atomic E-state index is 0.464. The van der Waals surface area contributed by atoms with Gasteiger partial charge < -0.3 is 10.0 Å². The van der Waals surface area contributed by atoms with Gasteiger partial charge in [-0.25, -0.2) is 4.79 Å². The van der Waals surface area contributed by atoms with Gasteiger partial charge in [-0.1, -0.05) is 0 Å². The van der Waals surface area contributed by atoms with Gasteiger partial charge in [0.1, 0.15) is 4.88 Å². The fraction of sp³-hybridized carbons (Fsp3) is 0.500. The van der Waals surface area contributed by atoms with Gasteiger partial charge in [-0.05, 0) is 30.3 Å². The molecule has 1 rings (SSSR count). The monoisotopic (exact) mass is 245 g/mol. The highest BCUT2D eigenvalue weighted by molar-refractivity contribution is 7.98. The Balaban J connectivity index is 2.56. The van der Waals surface area contributed by atoms with Gasteiger partial charge in [0.2, 0.25) is 0 Å². The predicted octanol–water partition coefficient (Wildman–Crippen LogP) is 2.24. The van der Waals surface area contributed by atoms with Gasteiger partial charge in [-0.15, -0.1) is 11.3 Å². The van der Waals surface area contributed by atoms with Crippen molar-refractivity contribution in [1.29, 1.82) is 0 Å². The molecule has 0 spiro atoms. The third-order valence-electron chi connectivity index (χ3n) is 2.06. The van der Waals surface area contributed by atoms with Crippen LogP contribution in [-0.2, 0) is 6.54 Å². The first-order chi connectivity index (χ1) is 7.15. The van der Waals surface area contributed by atoms with Gasteiger partial charge in [0.05, 0.1) is 0 Å². The highest BCUT2D eigenvalue weighted by atomic mass is 32.2. The molecule has 0 bridgehead atoms. The lowest BCUT2D eigenvalue weighted by Crippen LogP contribution is -2.21. The SMILES string of the molecule is CSCCN(C)Cc1ccsc1C(=O)O. The van der Waals surface area contributed by atoms with Gasteiger partial charge in [0, 0.05) is 18.8 Å². The number of aromatic carboxylic acids is 1. The number of nitrogens with zero attached hydrogens (tertiary/aromatic N) is 1. The van der Waals surface area contributed by atoms with E-state index >= 15 is 0 Å². The van der Waals surface area contributed by atoms with E-state index < -0.39 is 5.97 Å². The number of hydrogen-bond acceptors (Lipinski definition) is 4. The van der Waals surface area contributed by atoms with Crippen LogP contribution in [0.15, 0.2) is 11.4 Å². The molecule has 5 heteroatoms. The Hall–Kier alpha value is -0.520. The van der Waals surface area contributed by atoms with Crippen LogP contribution in [0.2, 0.25) is 0 Å². The second-order valence-corrected chi connectivity index (χ2v) is 5.21. The molecule has 15 heavy (non-hydrogen) atoms. The molecule has 0 radical (unpaired) electrons. The number of hydrogen-bond donors (Lipinski definition) is 1. The van der Waals surface area contributed by atoms with Crippen LogP contribution in [0.1, 0.15) is 15.2 Å². The average Bonchev–Trinajstić information content (AvgIpc) is 2.62. The zero-order chi connectivity index (χ0) is 11.3. The van der Waals surface area contributed by atoms with E-state index in [2.05, 4.69) is 11.2 Å². The molecule has 1 N–H and O–H groups in total. The summed E-state index contributed by atoms with van der Waals surface area (Å²) in [5.41, 5.74) is 0.913. The molecule has 0 saturated heterocycles. The molecule has 0 atom stereocenters. The minimum atomic E-state index is -0.821. The van der Waals surface area contributed by atoms with E-state index in [0.29, 0.717) is 11.4 Å². The Kier molecular flexibility index (Phi) is 5.14. The Labute approximate surface area is 98.1 Å². The van der Waals surface area contributed by atoms with Gasteiger partial charge in [-0.3, -0.25) is 0 Å². The van der Waals surface area contributed by atoms with Crippen molar-refractivity contribution in [2.45, 2.75) is 6.54 Å². The number of thioether (sulfide) groups is 1. The molecule has 0 aliphatic rings. The Morgan fingerprint density at radius 3 is 3.00 bits per heavy atom. The van der Waals surface area contributed by atoms with Crippen molar-refractivity contribution in [3.05, 3.63) is 21.9 Å². The van der Waals surface area contributed by atoms with E-state index in [0.717, 1.165) is 17.9 Å². The second-order valence-electron chi connectivity index (χ2n) is 3.31. The lowest BCUT2D eigenvalue weighted by molar-refractivity contribution is 0.0700. The summed E-state index contributed by atoms with van der Waals surface area (Å²) in [6, 6.07) is 1.89. The zero-order valence-corrected chi connectivity index (χ0v) is 10.5. The van der Waals surface area contributed by atoms with Gasteiger partial charge >= 0.3 is 5.97 Å². The normalized spacial score (nSPS) is 10.9. The summed E-state index contributed by atoms with van der Waals surface area (Å²) < 4.78 is 0. The summed E-state index contributed by atoms with van der Waals surface area (Å²) in [7, 11) is 2.01. The summed E-state index contributed by atoms with van der Waals surface area (Å²) in [5.74, 6) is 0.251. The fourth-order valence-corrected chi connectivity index (χ4v) is 2.51.